The number of amides is 1. The molecule has 3 aromatic rings. The number of halogens is 1. The lowest BCUT2D eigenvalue weighted by Gasteiger charge is -2.06. The molecule has 2 aromatic carbocycles. The van der Waals surface area contributed by atoms with Gasteiger partial charge in [-0.05, 0) is 65.1 Å². The second kappa shape index (κ2) is 6.37. The van der Waals surface area contributed by atoms with E-state index in [2.05, 4.69) is 38.1 Å². The first kappa shape index (κ1) is 15.5. The molecular weight excluding hydrogens is 409 g/mol. The zero-order chi connectivity index (χ0) is 16.4. The molecule has 0 fully saturated rings. The van der Waals surface area contributed by atoms with Crippen molar-refractivity contribution in [3.63, 3.8) is 0 Å². The van der Waals surface area contributed by atoms with E-state index in [1.807, 2.05) is 12.1 Å². The molecule has 2 N–H and O–H groups in total. The minimum Gasteiger partial charge on any atom is -0.464 e. The van der Waals surface area contributed by atoms with Gasteiger partial charge in [-0.25, -0.2) is 4.79 Å². The van der Waals surface area contributed by atoms with Crippen LogP contribution in [0.25, 0.3) is 10.9 Å². The summed E-state index contributed by atoms with van der Waals surface area (Å²) in [4.78, 5) is 23.9. The summed E-state index contributed by atoms with van der Waals surface area (Å²) < 4.78 is 5.75. The molecule has 0 aliphatic heterocycles. The molecule has 0 aliphatic rings. The van der Waals surface area contributed by atoms with Crippen LogP contribution in [0.5, 0.6) is 0 Å². The zero-order valence-corrected chi connectivity index (χ0v) is 14.2. The minimum atomic E-state index is -0.530. The number of benzene rings is 2. The first-order valence-corrected chi connectivity index (χ1v) is 7.79. The number of aromatic amines is 1. The summed E-state index contributed by atoms with van der Waals surface area (Å²) in [5.74, 6) is -0.749. The number of nitrogens with one attached hydrogen (secondary N) is 2. The number of methoxy groups -OCH3 is 1. The van der Waals surface area contributed by atoms with E-state index in [1.54, 1.807) is 30.3 Å². The van der Waals surface area contributed by atoms with Crippen LogP contribution in [-0.2, 0) is 4.74 Å². The fourth-order valence-electron chi connectivity index (χ4n) is 2.15. The van der Waals surface area contributed by atoms with Crippen LogP contribution in [-0.4, -0.2) is 29.2 Å². The topological polar surface area (TPSA) is 84.1 Å². The third kappa shape index (κ3) is 3.19. The molecule has 1 amide bonds. The maximum atomic E-state index is 12.2. The summed E-state index contributed by atoms with van der Waals surface area (Å²) >= 11 is 2.18. The molecule has 0 atom stereocenters. The maximum Gasteiger partial charge on any atom is 0.359 e. The third-order valence-electron chi connectivity index (χ3n) is 3.31. The molecule has 1 aromatic heterocycles. The van der Waals surface area contributed by atoms with Crippen LogP contribution in [0.4, 0.5) is 5.69 Å². The highest BCUT2D eigenvalue weighted by atomic mass is 127. The second-order valence-electron chi connectivity index (χ2n) is 4.79. The van der Waals surface area contributed by atoms with Crippen molar-refractivity contribution in [3.8, 4) is 0 Å². The van der Waals surface area contributed by atoms with Gasteiger partial charge in [0.15, 0.2) is 5.69 Å². The van der Waals surface area contributed by atoms with Crippen LogP contribution in [0.3, 0.4) is 0 Å². The molecular formula is C16H12IN3O3. The zero-order valence-electron chi connectivity index (χ0n) is 12.1. The van der Waals surface area contributed by atoms with E-state index in [9.17, 15) is 9.59 Å². The molecule has 0 aliphatic carbocycles. The first-order chi connectivity index (χ1) is 11.1. The summed E-state index contributed by atoms with van der Waals surface area (Å²) in [6.45, 7) is 0. The normalized spacial score (nSPS) is 10.5. The van der Waals surface area contributed by atoms with Crippen LogP contribution >= 0.6 is 22.6 Å². The van der Waals surface area contributed by atoms with Crippen LogP contribution in [0.15, 0.2) is 42.5 Å². The number of hydrogen-bond donors (Lipinski definition) is 2. The van der Waals surface area contributed by atoms with Gasteiger partial charge < -0.3 is 10.1 Å². The van der Waals surface area contributed by atoms with Crippen molar-refractivity contribution in [2.75, 3.05) is 12.4 Å². The molecule has 0 radical (unpaired) electrons. The largest absolute Gasteiger partial charge is 0.464 e. The highest BCUT2D eigenvalue weighted by Crippen LogP contribution is 2.22. The average Bonchev–Trinajstić information content (AvgIpc) is 2.98. The molecule has 0 bridgehead atoms. The third-order valence-corrected chi connectivity index (χ3v) is 4.03. The summed E-state index contributed by atoms with van der Waals surface area (Å²) in [6.07, 6.45) is 0. The lowest BCUT2D eigenvalue weighted by molar-refractivity contribution is 0.0596. The molecule has 1 heterocycles. The smallest absolute Gasteiger partial charge is 0.359 e. The van der Waals surface area contributed by atoms with Gasteiger partial charge in [0.25, 0.3) is 5.91 Å². The lowest BCUT2D eigenvalue weighted by Crippen LogP contribution is -2.11. The summed E-state index contributed by atoms with van der Waals surface area (Å²) in [5, 5.41) is 10.1. The number of aromatic nitrogens is 2. The van der Waals surface area contributed by atoms with E-state index in [1.165, 1.54) is 7.11 Å². The van der Waals surface area contributed by atoms with Crippen molar-refractivity contribution in [3.05, 3.63) is 57.3 Å². The van der Waals surface area contributed by atoms with E-state index in [0.29, 0.717) is 22.2 Å². The fraction of sp³-hybridized carbons (Fsp3) is 0.0625. The minimum absolute atomic E-state index is 0.188. The highest BCUT2D eigenvalue weighted by Gasteiger charge is 2.15. The molecule has 7 heteroatoms. The highest BCUT2D eigenvalue weighted by molar-refractivity contribution is 14.1. The van der Waals surface area contributed by atoms with Crippen LogP contribution in [0.2, 0.25) is 0 Å². The van der Waals surface area contributed by atoms with Crippen LogP contribution in [0.1, 0.15) is 20.8 Å². The number of ether oxygens (including phenoxy) is 1. The molecule has 3 rings (SSSR count). The van der Waals surface area contributed by atoms with E-state index in [0.717, 1.165) is 3.57 Å². The molecule has 0 unspecified atom stereocenters. The Morgan fingerprint density at radius 2 is 1.91 bits per heavy atom. The van der Waals surface area contributed by atoms with E-state index < -0.39 is 5.97 Å². The number of rotatable bonds is 3. The molecule has 0 saturated heterocycles. The van der Waals surface area contributed by atoms with Gasteiger partial charge in [0.1, 0.15) is 0 Å². The van der Waals surface area contributed by atoms with Crippen molar-refractivity contribution >= 4 is 51.1 Å². The molecule has 116 valence electrons. The number of H-pyrrole nitrogens is 1. The number of anilines is 1. The molecule has 6 nitrogen and oxygen atoms in total. The van der Waals surface area contributed by atoms with Gasteiger partial charge in [-0.2, -0.15) is 5.10 Å². The van der Waals surface area contributed by atoms with Crippen molar-refractivity contribution in [2.45, 2.75) is 0 Å². The van der Waals surface area contributed by atoms with Gasteiger partial charge in [0.05, 0.1) is 12.6 Å². The van der Waals surface area contributed by atoms with Crippen molar-refractivity contribution in [2.24, 2.45) is 0 Å². The predicted molar refractivity (Wildman–Crippen MR) is 94.5 cm³/mol. The monoisotopic (exact) mass is 421 g/mol. The SMILES string of the molecule is COC(=O)c1n[nH]c2ccc(NC(=O)c3ccc(I)cc3)cc12. The number of fused-ring (bicyclic) bond motifs is 1. The second-order valence-corrected chi connectivity index (χ2v) is 6.03. The van der Waals surface area contributed by atoms with Crippen molar-refractivity contribution in [1.82, 2.24) is 10.2 Å². The Balaban J connectivity index is 1.89. The Hall–Kier alpha value is -2.42. The van der Waals surface area contributed by atoms with Crippen molar-refractivity contribution < 1.29 is 14.3 Å². The van der Waals surface area contributed by atoms with Gasteiger partial charge in [0, 0.05) is 20.2 Å². The Kier molecular flexibility index (Phi) is 4.28. The van der Waals surface area contributed by atoms with Crippen LogP contribution in [0, 0.1) is 3.57 Å². The number of hydrogen-bond acceptors (Lipinski definition) is 4. The first-order valence-electron chi connectivity index (χ1n) is 6.72. The van der Waals surface area contributed by atoms with E-state index in [4.69, 9.17) is 4.74 Å². The Labute approximate surface area is 145 Å². The molecule has 23 heavy (non-hydrogen) atoms. The molecule has 0 spiro atoms. The standard InChI is InChI=1S/C16H12IN3O3/c1-23-16(22)14-12-8-11(6-7-13(12)19-20-14)18-15(21)9-2-4-10(17)5-3-9/h2-8H,1H3,(H,18,21)(H,19,20). The maximum absolute atomic E-state index is 12.2. The van der Waals surface area contributed by atoms with Gasteiger partial charge in [0.2, 0.25) is 0 Å². The summed E-state index contributed by atoms with van der Waals surface area (Å²) in [6, 6.07) is 12.4. The average molecular weight is 421 g/mol. The molecule has 0 saturated carbocycles. The number of nitrogens with zero attached hydrogens (tertiary/aromatic N) is 1. The van der Waals surface area contributed by atoms with Crippen molar-refractivity contribution in [1.29, 1.82) is 0 Å². The summed E-state index contributed by atoms with van der Waals surface area (Å²) in [5.41, 5.74) is 2.02. The van der Waals surface area contributed by atoms with Crippen LogP contribution < -0.4 is 5.32 Å². The van der Waals surface area contributed by atoms with Gasteiger partial charge >= 0.3 is 5.97 Å². The van der Waals surface area contributed by atoms with Gasteiger partial charge in [-0.3, -0.25) is 9.89 Å². The Bertz CT molecular complexity index is 887. The predicted octanol–water partition coefficient (Wildman–Crippen LogP) is 3.21. The van der Waals surface area contributed by atoms with Gasteiger partial charge in [-0.15, -0.1) is 0 Å². The number of carbonyl (C=O) groups is 2. The van der Waals surface area contributed by atoms with Gasteiger partial charge in [-0.1, -0.05) is 0 Å². The number of esters is 1. The van der Waals surface area contributed by atoms with E-state index in [-0.39, 0.29) is 11.6 Å². The van der Waals surface area contributed by atoms with E-state index >= 15 is 0 Å². The quantitative estimate of drug-likeness (QED) is 0.503. The summed E-state index contributed by atoms with van der Waals surface area (Å²) in [7, 11) is 1.30. The fourth-order valence-corrected chi connectivity index (χ4v) is 2.51. The Morgan fingerprint density at radius 3 is 2.61 bits per heavy atom. The Morgan fingerprint density at radius 1 is 1.17 bits per heavy atom. The lowest BCUT2D eigenvalue weighted by atomic mass is 10.1. The number of carbonyl (C=O) groups excluding carboxylic acids is 2.